The van der Waals surface area contributed by atoms with Gasteiger partial charge in [-0.15, -0.1) is 0 Å². The van der Waals surface area contributed by atoms with Crippen molar-refractivity contribution in [3.05, 3.63) is 0 Å². The first-order valence-electron chi connectivity index (χ1n) is 5.47. The fraction of sp³-hybridized carbons (Fsp3) is 1.00. The van der Waals surface area contributed by atoms with E-state index >= 15 is 0 Å². The van der Waals surface area contributed by atoms with Crippen molar-refractivity contribution in [3.63, 3.8) is 0 Å². The lowest BCUT2D eigenvalue weighted by Crippen LogP contribution is -1.94. The van der Waals surface area contributed by atoms with Crippen LogP contribution in [0.25, 0.3) is 0 Å². The summed E-state index contributed by atoms with van der Waals surface area (Å²) in [5.74, 6) is 0. The highest BCUT2D eigenvalue weighted by Crippen LogP contribution is 2.67. The molecule has 0 spiro atoms. The van der Waals surface area contributed by atoms with Gasteiger partial charge in [-0.25, -0.2) is 8.62 Å². The van der Waals surface area contributed by atoms with Gasteiger partial charge in [-0.1, -0.05) is 0 Å². The molecule has 0 heterocycles. The molecule has 0 bridgehead atoms. The van der Waals surface area contributed by atoms with Crippen LogP contribution in [0.15, 0.2) is 0 Å². The van der Waals surface area contributed by atoms with Gasteiger partial charge in [0, 0.05) is 54.7 Å². The summed E-state index contributed by atoms with van der Waals surface area (Å²) in [5.41, 5.74) is 0. The lowest BCUT2D eigenvalue weighted by Gasteiger charge is -2.20. The fourth-order valence-corrected chi connectivity index (χ4v) is 5.85. The Labute approximate surface area is 126 Å². The lowest BCUT2D eigenvalue weighted by molar-refractivity contribution is 0.286. The van der Waals surface area contributed by atoms with Crippen molar-refractivity contribution in [3.8, 4) is 0 Å². The van der Waals surface area contributed by atoms with Crippen molar-refractivity contribution in [2.75, 3.05) is 54.7 Å². The first-order valence-corrected chi connectivity index (χ1v) is 14.0. The topological polar surface area (TPSA) is 114 Å². The highest BCUT2D eigenvalue weighted by atomic mass is 31.3. The average molecular weight is 388 g/mol. The predicted octanol–water partition coefficient (Wildman–Crippen LogP) is 3.95. The molecule has 0 aliphatic carbocycles. The van der Waals surface area contributed by atoms with E-state index in [1.165, 1.54) is 7.11 Å². The molecule has 0 aliphatic heterocycles. The summed E-state index contributed by atoms with van der Waals surface area (Å²) in [5, 5.41) is 0. The normalized spacial score (nSPS) is 20.4. The minimum absolute atomic E-state index is 1.04. The maximum Gasteiger partial charge on any atom is 0.341 e. The first-order chi connectivity index (χ1) is 9.10. The Bertz CT molecular complexity index is 466. The van der Waals surface area contributed by atoms with Gasteiger partial charge in [-0.3, -0.25) is 18.3 Å². The molecule has 0 saturated heterocycles. The van der Waals surface area contributed by atoms with Crippen LogP contribution in [0.1, 0.15) is 0 Å². The third-order valence-electron chi connectivity index (χ3n) is 1.70. The fourth-order valence-electron chi connectivity index (χ4n) is 0.620. The number of hydrogen-bond acceptors (Lipinski definition) is 9. The van der Waals surface area contributed by atoms with Crippen molar-refractivity contribution < 1.29 is 40.5 Å². The van der Waals surface area contributed by atoms with Gasteiger partial charge in [0.15, 0.2) is 7.37 Å². The first kappa shape index (κ1) is 24.0. The van der Waals surface area contributed by atoms with Crippen molar-refractivity contribution in [2.24, 2.45) is 0 Å². The molecule has 0 saturated carbocycles. The summed E-state index contributed by atoms with van der Waals surface area (Å²) >= 11 is 0. The van der Waals surface area contributed by atoms with E-state index in [1.54, 1.807) is 13.3 Å². The molecule has 13 heteroatoms. The van der Waals surface area contributed by atoms with Gasteiger partial charge in [0.25, 0.3) is 0 Å². The highest BCUT2D eigenvalue weighted by molar-refractivity contribution is 7.72. The van der Waals surface area contributed by atoms with E-state index in [0.29, 0.717) is 0 Å². The summed E-state index contributed by atoms with van der Waals surface area (Å²) in [7, 11) is -9.08. The zero-order chi connectivity index (χ0) is 17.5. The van der Waals surface area contributed by atoms with Gasteiger partial charge in [0.05, 0.1) is 0 Å². The second kappa shape index (κ2) is 9.12. The van der Waals surface area contributed by atoms with Gasteiger partial charge in [-0.2, -0.15) is 0 Å². The average Bonchev–Trinajstić information content (AvgIpc) is 2.26. The molecule has 2 atom stereocenters. The Hall–Kier alpha value is 0.720. The van der Waals surface area contributed by atoms with Crippen LogP contribution in [0, 0.1) is 0 Å². The van der Waals surface area contributed by atoms with E-state index in [2.05, 4.69) is 22.2 Å². The zero-order valence-electron chi connectivity index (χ0n) is 13.5. The predicted molar refractivity (Wildman–Crippen MR) is 83.2 cm³/mol. The van der Waals surface area contributed by atoms with Crippen molar-refractivity contribution >= 4 is 30.2 Å². The summed E-state index contributed by atoms with van der Waals surface area (Å²) in [4.78, 5) is 0. The standard InChI is InChI=1S/C5H15O7P3.C3H9O2P/c1-9-13(3,6)11-15(5,8)12-14(4,7)10-2;1-5-6(2,3)4/h1-5H3;1-3H3. The highest BCUT2D eigenvalue weighted by Gasteiger charge is 2.34. The summed E-state index contributed by atoms with van der Waals surface area (Å²) < 4.78 is 67.4. The molecule has 0 aromatic rings. The molecule has 0 aromatic heterocycles. The van der Waals surface area contributed by atoms with Crippen LogP contribution in [0.5, 0.6) is 0 Å². The molecule has 0 aliphatic rings. The number of rotatable bonds is 7. The Morgan fingerprint density at radius 2 is 0.762 bits per heavy atom. The van der Waals surface area contributed by atoms with Crippen LogP contribution in [-0.2, 0) is 40.5 Å². The quantitative estimate of drug-likeness (QED) is 0.598. The van der Waals surface area contributed by atoms with E-state index in [4.69, 9.17) is 0 Å². The van der Waals surface area contributed by atoms with E-state index < -0.39 is 30.2 Å². The second-order valence-corrected chi connectivity index (χ2v) is 13.8. The molecule has 0 radical (unpaired) electrons. The molecular weight excluding hydrogens is 364 g/mol. The second-order valence-electron chi connectivity index (χ2n) is 4.28. The van der Waals surface area contributed by atoms with E-state index in [-0.39, 0.29) is 0 Å². The monoisotopic (exact) mass is 388 g/mol. The maximum atomic E-state index is 11.6. The molecule has 9 nitrogen and oxygen atoms in total. The summed E-state index contributed by atoms with van der Waals surface area (Å²) in [6.45, 7) is 6.44. The Balaban J connectivity index is 0. The largest absolute Gasteiger partial charge is 0.341 e. The number of hydrogen-bond donors (Lipinski definition) is 0. The third-order valence-corrected chi connectivity index (χ3v) is 8.65. The van der Waals surface area contributed by atoms with Crippen LogP contribution in [0.2, 0.25) is 0 Å². The van der Waals surface area contributed by atoms with E-state index in [0.717, 1.165) is 34.2 Å². The molecule has 0 amide bonds. The smallest absolute Gasteiger partial charge is 0.332 e. The van der Waals surface area contributed by atoms with Crippen molar-refractivity contribution in [2.45, 2.75) is 0 Å². The molecule has 130 valence electrons. The Morgan fingerprint density at radius 3 is 0.905 bits per heavy atom. The van der Waals surface area contributed by atoms with Gasteiger partial charge in [0.1, 0.15) is 0 Å². The van der Waals surface area contributed by atoms with Crippen LogP contribution in [0.4, 0.5) is 0 Å². The lowest BCUT2D eigenvalue weighted by atomic mass is 11.8. The van der Waals surface area contributed by atoms with E-state index in [9.17, 15) is 18.3 Å². The Kier molecular flexibility index (Phi) is 10.4. The van der Waals surface area contributed by atoms with Crippen LogP contribution < -0.4 is 0 Å². The van der Waals surface area contributed by atoms with Gasteiger partial charge in [0.2, 0.25) is 0 Å². The Morgan fingerprint density at radius 1 is 0.524 bits per heavy atom. The minimum atomic E-state index is -3.74. The van der Waals surface area contributed by atoms with Crippen molar-refractivity contribution in [1.82, 2.24) is 0 Å². The van der Waals surface area contributed by atoms with Crippen LogP contribution in [0.3, 0.4) is 0 Å². The van der Waals surface area contributed by atoms with Gasteiger partial charge < -0.3 is 13.6 Å². The minimum Gasteiger partial charge on any atom is -0.332 e. The summed E-state index contributed by atoms with van der Waals surface area (Å²) in [6.07, 6.45) is 0. The molecule has 21 heavy (non-hydrogen) atoms. The van der Waals surface area contributed by atoms with Gasteiger partial charge >= 0.3 is 22.8 Å². The molecule has 2 unspecified atom stereocenters. The SMILES string of the molecule is COP(C)(=O)OP(C)(=O)OP(C)(=O)OC.COP(C)(C)=O. The summed E-state index contributed by atoms with van der Waals surface area (Å²) in [6, 6.07) is 0. The van der Waals surface area contributed by atoms with Gasteiger partial charge in [-0.05, 0) is 0 Å². The molecule has 0 rings (SSSR count). The van der Waals surface area contributed by atoms with E-state index in [1.807, 2.05) is 0 Å². The third kappa shape index (κ3) is 15.4. The zero-order valence-corrected chi connectivity index (χ0v) is 17.0. The van der Waals surface area contributed by atoms with Crippen molar-refractivity contribution in [1.29, 1.82) is 0 Å². The molecule has 0 fully saturated rings. The van der Waals surface area contributed by atoms with Crippen LogP contribution >= 0.6 is 30.2 Å². The molecular formula is C8H24O9P4. The molecule has 0 aromatic carbocycles. The maximum absolute atomic E-state index is 11.6. The van der Waals surface area contributed by atoms with Crippen LogP contribution in [-0.4, -0.2) is 54.7 Å². The molecule has 0 N–H and O–H groups in total.